The standard InChI is InChI=1S/C25H22N2O5/c1-2-31-20-14-10-17(11-15-20)26-24(29)21-22(16-8-12-19(28)13-9-16)27(32-23(21)25(26)30)18-6-4-3-5-7-18/h3-15,21-23,28H,2H2,1H3/t21-,22+,23-/m1/s1. The van der Waals surface area contributed by atoms with Crippen molar-refractivity contribution in [1.29, 1.82) is 0 Å². The van der Waals surface area contributed by atoms with Crippen LogP contribution in [-0.4, -0.2) is 29.6 Å². The van der Waals surface area contributed by atoms with E-state index in [9.17, 15) is 14.7 Å². The summed E-state index contributed by atoms with van der Waals surface area (Å²) in [6.45, 7) is 2.42. The summed E-state index contributed by atoms with van der Waals surface area (Å²) in [7, 11) is 0. The number of phenols is 1. The molecule has 162 valence electrons. The monoisotopic (exact) mass is 430 g/mol. The Labute approximate surface area is 185 Å². The van der Waals surface area contributed by atoms with Crippen molar-refractivity contribution < 1.29 is 24.3 Å². The van der Waals surface area contributed by atoms with E-state index >= 15 is 0 Å². The van der Waals surface area contributed by atoms with Gasteiger partial charge in [-0.15, -0.1) is 0 Å². The van der Waals surface area contributed by atoms with Gasteiger partial charge in [-0.1, -0.05) is 30.3 Å². The fraction of sp³-hybridized carbons (Fsp3) is 0.200. The second-order valence-electron chi connectivity index (χ2n) is 7.69. The molecule has 2 heterocycles. The van der Waals surface area contributed by atoms with Crippen LogP contribution in [0.1, 0.15) is 18.5 Å². The number of anilines is 2. The molecule has 32 heavy (non-hydrogen) atoms. The summed E-state index contributed by atoms with van der Waals surface area (Å²) in [5.41, 5.74) is 2.00. The Kier molecular flexibility index (Phi) is 5.03. The number of amides is 2. The van der Waals surface area contributed by atoms with Gasteiger partial charge in [-0.3, -0.25) is 14.4 Å². The predicted molar refractivity (Wildman–Crippen MR) is 118 cm³/mol. The molecular weight excluding hydrogens is 408 g/mol. The molecule has 0 aliphatic carbocycles. The number of fused-ring (bicyclic) bond motifs is 1. The highest BCUT2D eigenvalue weighted by Crippen LogP contribution is 2.47. The fourth-order valence-corrected chi connectivity index (χ4v) is 4.34. The van der Waals surface area contributed by atoms with Crippen LogP contribution in [0.15, 0.2) is 78.9 Å². The van der Waals surface area contributed by atoms with Crippen molar-refractivity contribution in [3.8, 4) is 11.5 Å². The number of hydrogen-bond donors (Lipinski definition) is 1. The molecule has 2 fully saturated rings. The summed E-state index contributed by atoms with van der Waals surface area (Å²) in [6, 6.07) is 22.4. The number of ether oxygens (including phenoxy) is 1. The van der Waals surface area contributed by atoms with Crippen molar-refractivity contribution >= 4 is 23.2 Å². The molecule has 2 saturated heterocycles. The van der Waals surface area contributed by atoms with Gasteiger partial charge < -0.3 is 9.84 Å². The van der Waals surface area contributed by atoms with Gasteiger partial charge in [0.25, 0.3) is 5.91 Å². The minimum atomic E-state index is -0.937. The molecule has 3 aromatic carbocycles. The number of imide groups is 1. The van der Waals surface area contributed by atoms with Gasteiger partial charge >= 0.3 is 0 Å². The molecule has 0 unspecified atom stereocenters. The first kappa shape index (κ1) is 20.1. The van der Waals surface area contributed by atoms with Crippen LogP contribution in [-0.2, 0) is 14.4 Å². The summed E-state index contributed by atoms with van der Waals surface area (Å²) in [6.07, 6.45) is -0.937. The second kappa shape index (κ2) is 8.01. The fourth-order valence-electron chi connectivity index (χ4n) is 4.34. The molecule has 2 amide bonds. The van der Waals surface area contributed by atoms with Crippen molar-refractivity contribution in [2.75, 3.05) is 16.6 Å². The Morgan fingerprint density at radius 1 is 0.875 bits per heavy atom. The van der Waals surface area contributed by atoms with Crippen molar-refractivity contribution in [3.63, 3.8) is 0 Å². The van der Waals surface area contributed by atoms with Gasteiger partial charge in [0.2, 0.25) is 5.91 Å². The van der Waals surface area contributed by atoms with E-state index in [1.165, 1.54) is 4.90 Å². The predicted octanol–water partition coefficient (Wildman–Crippen LogP) is 3.84. The van der Waals surface area contributed by atoms with Gasteiger partial charge in [-0.2, -0.15) is 0 Å². The summed E-state index contributed by atoms with van der Waals surface area (Å²) in [4.78, 5) is 34.1. The highest BCUT2D eigenvalue weighted by atomic mass is 16.7. The zero-order valence-corrected chi connectivity index (χ0v) is 17.4. The van der Waals surface area contributed by atoms with Crippen LogP contribution in [0.25, 0.3) is 0 Å². The Morgan fingerprint density at radius 3 is 2.22 bits per heavy atom. The molecule has 7 nitrogen and oxygen atoms in total. The average molecular weight is 430 g/mol. The number of para-hydroxylation sites is 1. The average Bonchev–Trinajstić information content (AvgIpc) is 3.32. The zero-order valence-electron chi connectivity index (χ0n) is 17.4. The maximum Gasteiger partial charge on any atom is 0.266 e. The topological polar surface area (TPSA) is 79.3 Å². The molecule has 0 saturated carbocycles. The third-order valence-corrected chi connectivity index (χ3v) is 5.77. The van der Waals surface area contributed by atoms with E-state index in [1.807, 2.05) is 37.3 Å². The molecule has 2 aliphatic heterocycles. The van der Waals surface area contributed by atoms with Crippen LogP contribution < -0.4 is 14.7 Å². The Morgan fingerprint density at radius 2 is 1.56 bits per heavy atom. The van der Waals surface area contributed by atoms with E-state index in [2.05, 4.69) is 0 Å². The maximum atomic E-state index is 13.6. The third kappa shape index (κ3) is 3.27. The number of hydroxylamine groups is 1. The lowest BCUT2D eigenvalue weighted by Gasteiger charge is -2.28. The van der Waals surface area contributed by atoms with Crippen LogP contribution in [0, 0.1) is 5.92 Å². The van der Waals surface area contributed by atoms with Crippen LogP contribution in [0.5, 0.6) is 11.5 Å². The summed E-state index contributed by atoms with van der Waals surface area (Å²) < 4.78 is 5.46. The SMILES string of the molecule is CCOc1ccc(N2C(=O)[C@H]3[C@@H](ON(c4ccccc4)[C@H]3c3ccc(O)cc3)C2=O)cc1. The second-order valence-corrected chi connectivity index (χ2v) is 7.69. The van der Waals surface area contributed by atoms with E-state index in [-0.39, 0.29) is 11.7 Å². The van der Waals surface area contributed by atoms with Crippen molar-refractivity contribution in [3.05, 3.63) is 84.4 Å². The highest BCUT2D eigenvalue weighted by molar-refractivity contribution is 6.23. The Hall–Kier alpha value is -3.84. The van der Waals surface area contributed by atoms with E-state index < -0.39 is 24.0 Å². The van der Waals surface area contributed by atoms with Gasteiger partial charge in [0.1, 0.15) is 17.4 Å². The molecule has 0 radical (unpaired) electrons. The van der Waals surface area contributed by atoms with E-state index in [4.69, 9.17) is 9.57 Å². The van der Waals surface area contributed by atoms with Crippen LogP contribution >= 0.6 is 0 Å². The molecule has 0 spiro atoms. The minimum absolute atomic E-state index is 0.125. The van der Waals surface area contributed by atoms with Crippen molar-refractivity contribution in [2.24, 2.45) is 5.92 Å². The molecule has 7 heteroatoms. The van der Waals surface area contributed by atoms with Crippen LogP contribution in [0.2, 0.25) is 0 Å². The largest absolute Gasteiger partial charge is 0.508 e. The Bertz CT molecular complexity index is 1130. The van der Waals surface area contributed by atoms with Gasteiger partial charge in [-0.25, -0.2) is 9.96 Å². The number of rotatable bonds is 5. The van der Waals surface area contributed by atoms with Crippen LogP contribution in [0.3, 0.4) is 0 Å². The molecular formula is C25H22N2O5. The number of aromatic hydroxyl groups is 1. The molecule has 3 atom stereocenters. The Balaban J connectivity index is 1.53. The zero-order chi connectivity index (χ0) is 22.2. The smallest absolute Gasteiger partial charge is 0.266 e. The first-order chi connectivity index (χ1) is 15.6. The summed E-state index contributed by atoms with van der Waals surface area (Å²) in [5.74, 6) is -0.643. The van der Waals surface area contributed by atoms with Gasteiger partial charge in [-0.05, 0) is 61.0 Å². The van der Waals surface area contributed by atoms with Crippen molar-refractivity contribution in [1.82, 2.24) is 0 Å². The molecule has 3 aromatic rings. The normalized spacial score (nSPS) is 22.3. The lowest BCUT2D eigenvalue weighted by atomic mass is 9.90. The molecule has 0 aromatic heterocycles. The van der Waals surface area contributed by atoms with E-state index in [1.54, 1.807) is 53.6 Å². The lowest BCUT2D eigenvalue weighted by molar-refractivity contribution is -0.126. The van der Waals surface area contributed by atoms with Crippen molar-refractivity contribution in [2.45, 2.75) is 19.1 Å². The van der Waals surface area contributed by atoms with Gasteiger partial charge in [0, 0.05) is 0 Å². The number of benzene rings is 3. The molecule has 0 bridgehead atoms. The number of carbonyl (C=O) groups excluding carboxylic acids is 2. The molecule has 2 aliphatic rings. The van der Waals surface area contributed by atoms with Gasteiger partial charge in [0.15, 0.2) is 6.10 Å². The summed E-state index contributed by atoms with van der Waals surface area (Å²) in [5, 5.41) is 11.4. The molecule has 5 rings (SSSR count). The quantitative estimate of drug-likeness (QED) is 0.620. The number of carbonyl (C=O) groups is 2. The van der Waals surface area contributed by atoms with Crippen LogP contribution in [0.4, 0.5) is 11.4 Å². The first-order valence-corrected chi connectivity index (χ1v) is 10.5. The first-order valence-electron chi connectivity index (χ1n) is 10.5. The van der Waals surface area contributed by atoms with E-state index in [0.717, 1.165) is 11.3 Å². The number of nitrogens with zero attached hydrogens (tertiary/aromatic N) is 2. The minimum Gasteiger partial charge on any atom is -0.508 e. The lowest BCUT2D eigenvalue weighted by Crippen LogP contribution is -2.37. The third-order valence-electron chi connectivity index (χ3n) is 5.77. The summed E-state index contributed by atoms with van der Waals surface area (Å²) >= 11 is 0. The van der Waals surface area contributed by atoms with E-state index in [0.29, 0.717) is 18.0 Å². The highest BCUT2D eigenvalue weighted by Gasteiger charge is 2.60. The number of phenolic OH excluding ortho intramolecular Hbond substituents is 1. The maximum absolute atomic E-state index is 13.6. The molecule has 1 N–H and O–H groups in total. The van der Waals surface area contributed by atoms with Gasteiger partial charge in [0.05, 0.1) is 24.0 Å². The number of hydrogen-bond acceptors (Lipinski definition) is 6.